The SMILES string of the molecule is CCCc1cccc(CC2CCNc3ccccc32)c1. The van der Waals surface area contributed by atoms with Gasteiger partial charge in [0, 0.05) is 12.2 Å². The molecule has 0 saturated heterocycles. The average Bonchev–Trinajstić information content (AvgIpc) is 2.48. The van der Waals surface area contributed by atoms with Crippen molar-refractivity contribution in [3.8, 4) is 0 Å². The monoisotopic (exact) mass is 265 g/mol. The molecule has 2 aromatic rings. The summed E-state index contributed by atoms with van der Waals surface area (Å²) >= 11 is 0. The van der Waals surface area contributed by atoms with Gasteiger partial charge in [-0.2, -0.15) is 0 Å². The smallest absolute Gasteiger partial charge is 0.0375 e. The second-order valence-corrected chi connectivity index (χ2v) is 5.77. The van der Waals surface area contributed by atoms with Gasteiger partial charge in [-0.15, -0.1) is 0 Å². The summed E-state index contributed by atoms with van der Waals surface area (Å²) in [5.41, 5.74) is 5.78. The summed E-state index contributed by atoms with van der Waals surface area (Å²) in [6.07, 6.45) is 4.81. The third kappa shape index (κ3) is 2.87. The van der Waals surface area contributed by atoms with Crippen LogP contribution in [0.5, 0.6) is 0 Å². The predicted molar refractivity (Wildman–Crippen MR) is 86.4 cm³/mol. The van der Waals surface area contributed by atoms with Gasteiger partial charge in [0.1, 0.15) is 0 Å². The molecule has 1 heteroatoms. The van der Waals surface area contributed by atoms with Gasteiger partial charge in [-0.1, -0.05) is 55.8 Å². The fourth-order valence-corrected chi connectivity index (χ4v) is 3.25. The van der Waals surface area contributed by atoms with Crippen LogP contribution in [0.3, 0.4) is 0 Å². The Bertz CT molecular complexity index is 573. The van der Waals surface area contributed by atoms with Gasteiger partial charge >= 0.3 is 0 Å². The first-order chi connectivity index (χ1) is 9.86. The highest BCUT2D eigenvalue weighted by atomic mass is 14.9. The summed E-state index contributed by atoms with van der Waals surface area (Å²) in [5.74, 6) is 0.657. The average molecular weight is 265 g/mol. The Labute approximate surface area is 122 Å². The lowest BCUT2D eigenvalue weighted by atomic mass is 9.85. The van der Waals surface area contributed by atoms with Gasteiger partial charge < -0.3 is 5.32 Å². The highest BCUT2D eigenvalue weighted by Crippen LogP contribution is 2.33. The number of anilines is 1. The lowest BCUT2D eigenvalue weighted by Crippen LogP contribution is -2.18. The molecular formula is C19H23N. The van der Waals surface area contributed by atoms with Crippen LogP contribution in [0.15, 0.2) is 48.5 Å². The van der Waals surface area contributed by atoms with E-state index < -0.39 is 0 Å². The molecule has 0 aliphatic carbocycles. The Morgan fingerprint density at radius 1 is 1.05 bits per heavy atom. The number of hydrogen-bond acceptors (Lipinski definition) is 1. The predicted octanol–water partition coefficient (Wildman–Crippen LogP) is 4.78. The number of fused-ring (bicyclic) bond motifs is 1. The van der Waals surface area contributed by atoms with Gasteiger partial charge in [0.05, 0.1) is 0 Å². The number of aryl methyl sites for hydroxylation is 1. The van der Waals surface area contributed by atoms with Crippen molar-refractivity contribution in [1.29, 1.82) is 0 Å². The van der Waals surface area contributed by atoms with E-state index in [-0.39, 0.29) is 0 Å². The van der Waals surface area contributed by atoms with E-state index in [0.717, 1.165) is 13.0 Å². The molecule has 1 heterocycles. The summed E-state index contributed by atoms with van der Waals surface area (Å²) in [5, 5.41) is 3.51. The minimum Gasteiger partial charge on any atom is -0.385 e. The lowest BCUT2D eigenvalue weighted by Gasteiger charge is -2.27. The lowest BCUT2D eigenvalue weighted by molar-refractivity contribution is 0.623. The Morgan fingerprint density at radius 3 is 2.80 bits per heavy atom. The minimum atomic E-state index is 0.657. The zero-order valence-corrected chi connectivity index (χ0v) is 12.2. The molecule has 1 atom stereocenters. The van der Waals surface area contributed by atoms with Gasteiger partial charge in [0.25, 0.3) is 0 Å². The molecule has 1 aliphatic heterocycles. The van der Waals surface area contributed by atoms with E-state index >= 15 is 0 Å². The Hall–Kier alpha value is -1.76. The van der Waals surface area contributed by atoms with Crippen molar-refractivity contribution in [2.75, 3.05) is 11.9 Å². The number of hydrogen-bond donors (Lipinski definition) is 1. The summed E-state index contributed by atoms with van der Waals surface area (Å²) < 4.78 is 0. The first kappa shape index (κ1) is 13.2. The molecule has 0 fully saturated rings. The number of benzene rings is 2. The number of rotatable bonds is 4. The van der Waals surface area contributed by atoms with E-state index in [9.17, 15) is 0 Å². The molecule has 2 aromatic carbocycles. The highest BCUT2D eigenvalue weighted by Gasteiger charge is 2.19. The van der Waals surface area contributed by atoms with Crippen LogP contribution in [0.2, 0.25) is 0 Å². The van der Waals surface area contributed by atoms with E-state index in [0.29, 0.717) is 5.92 Å². The van der Waals surface area contributed by atoms with Crippen molar-refractivity contribution in [3.05, 3.63) is 65.2 Å². The fourth-order valence-electron chi connectivity index (χ4n) is 3.25. The van der Waals surface area contributed by atoms with Crippen molar-refractivity contribution in [2.24, 2.45) is 0 Å². The van der Waals surface area contributed by atoms with Crippen molar-refractivity contribution < 1.29 is 0 Å². The van der Waals surface area contributed by atoms with E-state index in [1.807, 2.05) is 0 Å². The van der Waals surface area contributed by atoms with Crippen LogP contribution in [-0.2, 0) is 12.8 Å². The topological polar surface area (TPSA) is 12.0 Å². The molecular weight excluding hydrogens is 242 g/mol. The molecule has 0 aromatic heterocycles. The molecule has 1 aliphatic rings. The van der Waals surface area contributed by atoms with Crippen LogP contribution in [0, 0.1) is 0 Å². The Kier molecular flexibility index (Phi) is 4.05. The van der Waals surface area contributed by atoms with Gasteiger partial charge in [-0.05, 0) is 47.9 Å². The summed E-state index contributed by atoms with van der Waals surface area (Å²) in [4.78, 5) is 0. The second-order valence-electron chi connectivity index (χ2n) is 5.77. The summed E-state index contributed by atoms with van der Waals surface area (Å²) in [6.45, 7) is 3.34. The van der Waals surface area contributed by atoms with Gasteiger partial charge in [0.2, 0.25) is 0 Å². The van der Waals surface area contributed by atoms with Crippen LogP contribution < -0.4 is 5.32 Å². The normalized spacial score (nSPS) is 17.4. The zero-order chi connectivity index (χ0) is 13.8. The van der Waals surface area contributed by atoms with Crippen LogP contribution in [-0.4, -0.2) is 6.54 Å². The highest BCUT2D eigenvalue weighted by molar-refractivity contribution is 5.55. The maximum absolute atomic E-state index is 3.51. The molecule has 0 amide bonds. The number of nitrogens with one attached hydrogen (secondary N) is 1. The first-order valence-corrected chi connectivity index (χ1v) is 7.77. The molecule has 0 spiro atoms. The Morgan fingerprint density at radius 2 is 1.90 bits per heavy atom. The molecule has 20 heavy (non-hydrogen) atoms. The Balaban J connectivity index is 1.80. The van der Waals surface area contributed by atoms with Crippen molar-refractivity contribution in [2.45, 2.75) is 38.5 Å². The van der Waals surface area contributed by atoms with E-state index in [1.54, 1.807) is 0 Å². The van der Waals surface area contributed by atoms with Gasteiger partial charge in [-0.3, -0.25) is 0 Å². The maximum Gasteiger partial charge on any atom is 0.0375 e. The standard InChI is InChI=1S/C19H23N/c1-2-6-15-7-5-8-16(13-15)14-17-11-12-20-19-10-4-3-9-18(17)19/h3-5,7-10,13,17,20H,2,6,11-12,14H2,1H3. The fraction of sp³-hybridized carbons (Fsp3) is 0.368. The number of para-hydroxylation sites is 1. The molecule has 1 nitrogen and oxygen atoms in total. The third-order valence-corrected chi connectivity index (χ3v) is 4.22. The van der Waals surface area contributed by atoms with E-state index in [4.69, 9.17) is 0 Å². The van der Waals surface area contributed by atoms with Crippen molar-refractivity contribution in [3.63, 3.8) is 0 Å². The molecule has 0 bridgehead atoms. The first-order valence-electron chi connectivity index (χ1n) is 7.77. The van der Waals surface area contributed by atoms with Crippen molar-refractivity contribution in [1.82, 2.24) is 0 Å². The molecule has 104 valence electrons. The maximum atomic E-state index is 3.51. The van der Waals surface area contributed by atoms with Gasteiger partial charge in [0.15, 0.2) is 0 Å². The van der Waals surface area contributed by atoms with E-state index in [2.05, 4.69) is 60.8 Å². The van der Waals surface area contributed by atoms with Crippen LogP contribution in [0.4, 0.5) is 5.69 Å². The molecule has 1 N–H and O–H groups in total. The van der Waals surface area contributed by atoms with Crippen molar-refractivity contribution >= 4 is 5.69 Å². The molecule has 1 unspecified atom stereocenters. The zero-order valence-electron chi connectivity index (χ0n) is 12.2. The third-order valence-electron chi connectivity index (χ3n) is 4.22. The molecule has 0 radical (unpaired) electrons. The van der Waals surface area contributed by atoms with Crippen LogP contribution in [0.1, 0.15) is 42.4 Å². The summed E-state index contributed by atoms with van der Waals surface area (Å²) in [6, 6.07) is 17.9. The largest absolute Gasteiger partial charge is 0.385 e. The molecule has 3 rings (SSSR count). The minimum absolute atomic E-state index is 0.657. The van der Waals surface area contributed by atoms with E-state index in [1.165, 1.54) is 41.6 Å². The second kappa shape index (κ2) is 6.13. The van der Waals surface area contributed by atoms with Crippen LogP contribution in [0.25, 0.3) is 0 Å². The van der Waals surface area contributed by atoms with Crippen LogP contribution >= 0.6 is 0 Å². The molecule has 0 saturated carbocycles. The quantitative estimate of drug-likeness (QED) is 0.838. The summed E-state index contributed by atoms with van der Waals surface area (Å²) in [7, 11) is 0. The van der Waals surface area contributed by atoms with Gasteiger partial charge in [-0.25, -0.2) is 0 Å².